The number of amides is 1. The van der Waals surface area contributed by atoms with E-state index >= 15 is 0 Å². The largest absolute Gasteiger partial charge is 0.494 e. The van der Waals surface area contributed by atoms with Crippen LogP contribution in [0.1, 0.15) is 53.8 Å². The summed E-state index contributed by atoms with van der Waals surface area (Å²) in [5.74, 6) is 0.723. The van der Waals surface area contributed by atoms with Gasteiger partial charge in [-0.05, 0) is 68.0 Å². The van der Waals surface area contributed by atoms with Crippen LogP contribution < -0.4 is 10.1 Å². The van der Waals surface area contributed by atoms with E-state index in [0.29, 0.717) is 25.3 Å². The molecule has 0 aliphatic heterocycles. The topological polar surface area (TPSA) is 47.6 Å². The number of benzene rings is 2. The Labute approximate surface area is 155 Å². The van der Waals surface area contributed by atoms with Gasteiger partial charge in [0, 0.05) is 18.7 Å². The van der Waals surface area contributed by atoms with Gasteiger partial charge in [0.25, 0.3) is 5.91 Å². The van der Waals surface area contributed by atoms with E-state index in [1.807, 2.05) is 19.1 Å². The molecule has 0 saturated heterocycles. The Hall–Kier alpha value is -2.33. The van der Waals surface area contributed by atoms with E-state index in [1.165, 1.54) is 17.5 Å². The van der Waals surface area contributed by atoms with Crippen molar-refractivity contribution in [1.29, 1.82) is 0 Å². The first-order valence-corrected chi connectivity index (χ1v) is 9.48. The van der Waals surface area contributed by atoms with Crippen molar-refractivity contribution in [2.75, 3.05) is 19.8 Å². The summed E-state index contributed by atoms with van der Waals surface area (Å²) in [6, 6.07) is 15.8. The van der Waals surface area contributed by atoms with Crippen molar-refractivity contribution >= 4 is 5.91 Å². The molecule has 0 heterocycles. The van der Waals surface area contributed by atoms with E-state index in [-0.39, 0.29) is 12.0 Å². The number of rotatable bonds is 8. The SMILES string of the molecule is CCOc1ccc(C(=O)NCCCOC2CCCc3ccccc32)cc1. The van der Waals surface area contributed by atoms with Crippen molar-refractivity contribution < 1.29 is 14.3 Å². The maximum absolute atomic E-state index is 12.1. The van der Waals surface area contributed by atoms with Crippen LogP contribution in [-0.2, 0) is 11.2 Å². The fourth-order valence-electron chi connectivity index (χ4n) is 3.35. The lowest BCUT2D eigenvalue weighted by Crippen LogP contribution is -2.25. The van der Waals surface area contributed by atoms with Gasteiger partial charge in [0.2, 0.25) is 0 Å². The minimum Gasteiger partial charge on any atom is -0.494 e. The fourth-order valence-corrected chi connectivity index (χ4v) is 3.35. The van der Waals surface area contributed by atoms with E-state index in [2.05, 4.69) is 29.6 Å². The number of fused-ring (bicyclic) bond motifs is 1. The highest BCUT2D eigenvalue weighted by Gasteiger charge is 2.19. The minimum absolute atomic E-state index is 0.0592. The quantitative estimate of drug-likeness (QED) is 0.720. The molecule has 0 saturated carbocycles. The second kappa shape index (κ2) is 9.39. The molecule has 0 fully saturated rings. The molecule has 1 aliphatic carbocycles. The third-order valence-corrected chi connectivity index (χ3v) is 4.67. The maximum Gasteiger partial charge on any atom is 0.251 e. The predicted molar refractivity (Wildman–Crippen MR) is 103 cm³/mol. The van der Waals surface area contributed by atoms with Crippen molar-refractivity contribution in [1.82, 2.24) is 5.32 Å². The Morgan fingerprint density at radius 2 is 1.96 bits per heavy atom. The van der Waals surface area contributed by atoms with Crippen LogP contribution in [0.25, 0.3) is 0 Å². The molecule has 1 aliphatic rings. The molecule has 3 rings (SSSR count). The number of carbonyl (C=O) groups excluding carboxylic acids is 1. The van der Waals surface area contributed by atoms with Crippen LogP contribution in [0.4, 0.5) is 0 Å². The van der Waals surface area contributed by atoms with Crippen molar-refractivity contribution in [2.24, 2.45) is 0 Å². The van der Waals surface area contributed by atoms with E-state index in [1.54, 1.807) is 12.1 Å². The van der Waals surface area contributed by atoms with Crippen LogP contribution in [0.3, 0.4) is 0 Å². The van der Waals surface area contributed by atoms with Crippen molar-refractivity contribution in [2.45, 2.75) is 38.7 Å². The summed E-state index contributed by atoms with van der Waals surface area (Å²) in [4.78, 5) is 12.1. The number of hydrogen-bond acceptors (Lipinski definition) is 3. The van der Waals surface area contributed by atoms with Gasteiger partial charge < -0.3 is 14.8 Å². The minimum atomic E-state index is -0.0592. The third kappa shape index (κ3) is 4.85. The monoisotopic (exact) mass is 353 g/mol. The molecular weight excluding hydrogens is 326 g/mol. The van der Waals surface area contributed by atoms with Gasteiger partial charge in [0.1, 0.15) is 5.75 Å². The summed E-state index contributed by atoms with van der Waals surface area (Å²) in [5.41, 5.74) is 3.39. The smallest absolute Gasteiger partial charge is 0.251 e. The zero-order valence-corrected chi connectivity index (χ0v) is 15.4. The molecule has 2 aromatic carbocycles. The Morgan fingerprint density at radius 3 is 2.77 bits per heavy atom. The Balaban J connectivity index is 1.39. The lowest BCUT2D eigenvalue weighted by molar-refractivity contribution is 0.0393. The molecule has 1 unspecified atom stereocenters. The molecule has 0 aromatic heterocycles. The zero-order chi connectivity index (χ0) is 18.2. The number of aryl methyl sites for hydroxylation is 1. The van der Waals surface area contributed by atoms with E-state index in [0.717, 1.165) is 25.0 Å². The van der Waals surface area contributed by atoms with Crippen molar-refractivity contribution in [3.63, 3.8) is 0 Å². The van der Waals surface area contributed by atoms with Crippen LogP contribution in [0.15, 0.2) is 48.5 Å². The lowest BCUT2D eigenvalue weighted by atomic mass is 9.89. The van der Waals surface area contributed by atoms with Crippen molar-refractivity contribution in [3.8, 4) is 5.75 Å². The molecule has 1 N–H and O–H groups in total. The summed E-state index contributed by atoms with van der Waals surface area (Å²) in [6.07, 6.45) is 4.41. The molecule has 4 nitrogen and oxygen atoms in total. The van der Waals surface area contributed by atoms with Gasteiger partial charge in [0.05, 0.1) is 12.7 Å². The molecule has 1 atom stereocenters. The maximum atomic E-state index is 12.1. The normalized spacial score (nSPS) is 16.0. The fraction of sp³-hybridized carbons (Fsp3) is 0.409. The van der Waals surface area contributed by atoms with E-state index in [9.17, 15) is 4.79 Å². The van der Waals surface area contributed by atoms with Crippen LogP contribution in [0, 0.1) is 0 Å². The second-order valence-corrected chi connectivity index (χ2v) is 6.52. The molecular formula is C22H27NO3. The van der Waals surface area contributed by atoms with E-state index in [4.69, 9.17) is 9.47 Å². The summed E-state index contributed by atoms with van der Waals surface area (Å²) >= 11 is 0. The number of hydrogen-bond donors (Lipinski definition) is 1. The molecule has 2 aromatic rings. The summed E-state index contributed by atoms with van der Waals surface area (Å²) in [5, 5.41) is 2.95. The number of ether oxygens (including phenoxy) is 2. The first-order chi connectivity index (χ1) is 12.8. The van der Waals surface area contributed by atoms with Gasteiger partial charge in [-0.15, -0.1) is 0 Å². The molecule has 4 heteroatoms. The molecule has 0 spiro atoms. The van der Waals surface area contributed by atoms with Gasteiger partial charge in [0.15, 0.2) is 0 Å². The van der Waals surface area contributed by atoms with Crippen LogP contribution >= 0.6 is 0 Å². The number of nitrogens with one attached hydrogen (secondary N) is 1. The molecule has 26 heavy (non-hydrogen) atoms. The first kappa shape index (κ1) is 18.5. The average Bonchev–Trinajstić information content (AvgIpc) is 2.68. The summed E-state index contributed by atoms with van der Waals surface area (Å²) in [7, 11) is 0. The average molecular weight is 353 g/mol. The summed E-state index contributed by atoms with van der Waals surface area (Å²) in [6.45, 7) is 3.83. The van der Waals surface area contributed by atoms with E-state index < -0.39 is 0 Å². The van der Waals surface area contributed by atoms with Gasteiger partial charge in [-0.1, -0.05) is 24.3 Å². The highest BCUT2D eigenvalue weighted by Crippen LogP contribution is 2.32. The molecule has 0 bridgehead atoms. The van der Waals surface area contributed by atoms with Gasteiger partial charge in [-0.2, -0.15) is 0 Å². The van der Waals surface area contributed by atoms with Crippen LogP contribution in [-0.4, -0.2) is 25.7 Å². The Morgan fingerprint density at radius 1 is 1.15 bits per heavy atom. The van der Waals surface area contributed by atoms with Gasteiger partial charge >= 0.3 is 0 Å². The van der Waals surface area contributed by atoms with Crippen LogP contribution in [0.2, 0.25) is 0 Å². The molecule has 138 valence electrons. The second-order valence-electron chi connectivity index (χ2n) is 6.52. The highest BCUT2D eigenvalue weighted by molar-refractivity contribution is 5.94. The lowest BCUT2D eigenvalue weighted by Gasteiger charge is -2.25. The Kier molecular flexibility index (Phi) is 6.67. The predicted octanol–water partition coefficient (Wildman–Crippen LogP) is 4.30. The number of carbonyl (C=O) groups is 1. The van der Waals surface area contributed by atoms with Crippen molar-refractivity contribution in [3.05, 3.63) is 65.2 Å². The summed E-state index contributed by atoms with van der Waals surface area (Å²) < 4.78 is 11.5. The molecule has 0 radical (unpaired) electrons. The standard InChI is InChI=1S/C22H27NO3/c1-2-25-19-13-11-18(12-14-19)22(24)23-15-6-16-26-21-10-5-8-17-7-3-4-9-20(17)21/h3-4,7,9,11-14,21H,2,5-6,8,10,15-16H2,1H3,(H,23,24). The zero-order valence-electron chi connectivity index (χ0n) is 15.4. The van der Waals surface area contributed by atoms with Crippen LogP contribution in [0.5, 0.6) is 5.75 Å². The third-order valence-electron chi connectivity index (χ3n) is 4.67. The molecule has 1 amide bonds. The van der Waals surface area contributed by atoms with Gasteiger partial charge in [-0.3, -0.25) is 4.79 Å². The first-order valence-electron chi connectivity index (χ1n) is 9.48. The Bertz CT molecular complexity index is 712. The van der Waals surface area contributed by atoms with Gasteiger partial charge in [-0.25, -0.2) is 0 Å². The highest BCUT2D eigenvalue weighted by atomic mass is 16.5.